The summed E-state index contributed by atoms with van der Waals surface area (Å²) in [6.45, 7) is 6.86. The van der Waals surface area contributed by atoms with Gasteiger partial charge in [0.25, 0.3) is 0 Å². The van der Waals surface area contributed by atoms with Gasteiger partial charge in [0.05, 0.1) is 6.10 Å². The molecule has 0 aromatic heterocycles. The van der Waals surface area contributed by atoms with Crippen molar-refractivity contribution in [1.82, 2.24) is 5.32 Å². The molecule has 3 heteroatoms. The first kappa shape index (κ1) is 15.5. The van der Waals surface area contributed by atoms with Crippen LogP contribution in [0.2, 0.25) is 0 Å². The van der Waals surface area contributed by atoms with E-state index in [9.17, 15) is 4.39 Å². The number of ether oxygens (including phenoxy) is 1. The van der Waals surface area contributed by atoms with Crippen LogP contribution in [0.1, 0.15) is 37.9 Å². The maximum atomic E-state index is 12.9. The van der Waals surface area contributed by atoms with Crippen molar-refractivity contribution in [2.75, 3.05) is 0 Å². The van der Waals surface area contributed by atoms with Gasteiger partial charge < -0.3 is 10.1 Å². The molecule has 0 aliphatic rings. The third-order valence-electron chi connectivity index (χ3n) is 3.28. The van der Waals surface area contributed by atoms with Crippen molar-refractivity contribution in [2.24, 2.45) is 0 Å². The molecule has 1 N–H and O–H groups in total. The van der Waals surface area contributed by atoms with Crippen LogP contribution in [0.15, 0.2) is 48.5 Å². The molecule has 0 fully saturated rings. The van der Waals surface area contributed by atoms with Crippen LogP contribution in [0.3, 0.4) is 0 Å². The Bertz CT molecular complexity index is 548. The van der Waals surface area contributed by atoms with Gasteiger partial charge in [-0.3, -0.25) is 0 Å². The molecule has 21 heavy (non-hydrogen) atoms. The standard InChI is InChI=1S/C18H22FNO/c1-13(2)21-18-10-4-15(5-11-18)12-20-14(3)16-6-8-17(19)9-7-16/h4-11,13-14,20H,12H2,1-3H3/t14-/m0/s1. The zero-order valence-electron chi connectivity index (χ0n) is 12.8. The van der Waals surface area contributed by atoms with Crippen molar-refractivity contribution in [3.8, 4) is 5.75 Å². The predicted octanol–water partition coefficient (Wildman–Crippen LogP) is 4.46. The monoisotopic (exact) mass is 287 g/mol. The zero-order valence-corrected chi connectivity index (χ0v) is 12.8. The lowest BCUT2D eigenvalue weighted by molar-refractivity contribution is 0.242. The van der Waals surface area contributed by atoms with Gasteiger partial charge in [-0.15, -0.1) is 0 Å². The Morgan fingerprint density at radius 2 is 1.57 bits per heavy atom. The fraction of sp³-hybridized carbons (Fsp3) is 0.333. The van der Waals surface area contributed by atoms with Crippen LogP contribution in [-0.4, -0.2) is 6.10 Å². The van der Waals surface area contributed by atoms with E-state index in [1.807, 2.05) is 38.1 Å². The Balaban J connectivity index is 1.88. The normalized spacial score (nSPS) is 12.4. The summed E-state index contributed by atoms with van der Waals surface area (Å²) in [5, 5.41) is 3.43. The van der Waals surface area contributed by atoms with Crippen LogP contribution in [0, 0.1) is 5.82 Å². The van der Waals surface area contributed by atoms with Gasteiger partial charge in [-0.2, -0.15) is 0 Å². The van der Waals surface area contributed by atoms with Gasteiger partial charge in [0.15, 0.2) is 0 Å². The Morgan fingerprint density at radius 3 is 2.14 bits per heavy atom. The van der Waals surface area contributed by atoms with E-state index in [4.69, 9.17) is 4.74 Å². The average Bonchev–Trinajstić information content (AvgIpc) is 2.46. The van der Waals surface area contributed by atoms with Crippen LogP contribution < -0.4 is 10.1 Å². The first-order valence-corrected chi connectivity index (χ1v) is 7.29. The second-order valence-corrected chi connectivity index (χ2v) is 5.46. The lowest BCUT2D eigenvalue weighted by Gasteiger charge is -2.15. The van der Waals surface area contributed by atoms with E-state index in [1.54, 1.807) is 0 Å². The van der Waals surface area contributed by atoms with E-state index in [2.05, 4.69) is 24.4 Å². The summed E-state index contributed by atoms with van der Waals surface area (Å²) in [6.07, 6.45) is 0.187. The summed E-state index contributed by atoms with van der Waals surface area (Å²) in [4.78, 5) is 0. The molecule has 0 saturated carbocycles. The SMILES string of the molecule is CC(C)Oc1ccc(CN[C@@H](C)c2ccc(F)cc2)cc1. The van der Waals surface area contributed by atoms with Gasteiger partial charge >= 0.3 is 0 Å². The van der Waals surface area contributed by atoms with Crippen molar-refractivity contribution in [2.45, 2.75) is 39.5 Å². The van der Waals surface area contributed by atoms with E-state index in [0.717, 1.165) is 17.9 Å². The molecule has 2 rings (SSSR count). The maximum absolute atomic E-state index is 12.9. The van der Waals surface area contributed by atoms with Crippen LogP contribution in [0.25, 0.3) is 0 Å². The largest absolute Gasteiger partial charge is 0.491 e. The van der Waals surface area contributed by atoms with Crippen LogP contribution in [0.5, 0.6) is 5.75 Å². The highest BCUT2D eigenvalue weighted by molar-refractivity contribution is 5.27. The molecule has 0 amide bonds. The molecule has 0 radical (unpaired) electrons. The summed E-state index contributed by atoms with van der Waals surface area (Å²) in [5.74, 6) is 0.687. The minimum atomic E-state index is -0.202. The highest BCUT2D eigenvalue weighted by Gasteiger charge is 2.05. The Morgan fingerprint density at radius 1 is 0.952 bits per heavy atom. The number of nitrogens with one attached hydrogen (secondary N) is 1. The topological polar surface area (TPSA) is 21.3 Å². The minimum absolute atomic E-state index is 0.178. The van der Waals surface area contributed by atoms with E-state index in [0.29, 0.717) is 0 Å². The minimum Gasteiger partial charge on any atom is -0.491 e. The van der Waals surface area contributed by atoms with Crippen molar-refractivity contribution in [1.29, 1.82) is 0 Å². The molecule has 0 spiro atoms. The summed E-state index contributed by atoms with van der Waals surface area (Å²) >= 11 is 0. The van der Waals surface area contributed by atoms with Crippen molar-refractivity contribution < 1.29 is 9.13 Å². The molecule has 0 bridgehead atoms. The molecule has 0 unspecified atom stereocenters. The summed E-state index contributed by atoms with van der Waals surface area (Å²) in [7, 11) is 0. The van der Waals surface area contributed by atoms with Crippen molar-refractivity contribution in [3.05, 3.63) is 65.5 Å². The molecule has 1 atom stereocenters. The van der Waals surface area contributed by atoms with Gasteiger partial charge in [-0.05, 0) is 56.2 Å². The highest BCUT2D eigenvalue weighted by Crippen LogP contribution is 2.16. The quantitative estimate of drug-likeness (QED) is 0.846. The molecule has 0 aliphatic carbocycles. The van der Waals surface area contributed by atoms with Crippen molar-refractivity contribution in [3.63, 3.8) is 0 Å². The third-order valence-corrected chi connectivity index (χ3v) is 3.28. The second-order valence-electron chi connectivity index (χ2n) is 5.46. The summed E-state index contributed by atoms with van der Waals surface area (Å²) < 4.78 is 18.5. The highest BCUT2D eigenvalue weighted by atomic mass is 19.1. The molecule has 2 aromatic rings. The number of rotatable bonds is 6. The lowest BCUT2D eigenvalue weighted by atomic mass is 10.1. The first-order chi connectivity index (χ1) is 10.0. The van der Waals surface area contributed by atoms with Gasteiger partial charge in [-0.25, -0.2) is 4.39 Å². The van der Waals surface area contributed by atoms with Crippen LogP contribution >= 0.6 is 0 Å². The maximum Gasteiger partial charge on any atom is 0.123 e. The molecular weight excluding hydrogens is 265 g/mol. The fourth-order valence-corrected chi connectivity index (χ4v) is 2.10. The third kappa shape index (κ3) is 4.87. The van der Waals surface area contributed by atoms with Gasteiger partial charge in [0.2, 0.25) is 0 Å². The molecule has 0 heterocycles. The Labute approximate surface area is 126 Å². The van der Waals surface area contributed by atoms with Gasteiger partial charge in [-0.1, -0.05) is 24.3 Å². The number of benzene rings is 2. The molecule has 2 aromatic carbocycles. The van der Waals surface area contributed by atoms with E-state index in [1.165, 1.54) is 17.7 Å². The van der Waals surface area contributed by atoms with E-state index < -0.39 is 0 Å². The molecule has 112 valence electrons. The van der Waals surface area contributed by atoms with Crippen LogP contribution in [0.4, 0.5) is 4.39 Å². The predicted molar refractivity (Wildman–Crippen MR) is 83.9 cm³/mol. The van der Waals surface area contributed by atoms with E-state index >= 15 is 0 Å². The van der Waals surface area contributed by atoms with Gasteiger partial charge in [0.1, 0.15) is 11.6 Å². The van der Waals surface area contributed by atoms with Crippen LogP contribution in [-0.2, 0) is 6.54 Å². The number of halogens is 1. The smallest absolute Gasteiger partial charge is 0.123 e. The Kier molecular flexibility index (Phi) is 5.34. The summed E-state index contributed by atoms with van der Waals surface area (Å²) in [5.41, 5.74) is 2.27. The molecule has 0 saturated heterocycles. The second kappa shape index (κ2) is 7.23. The van der Waals surface area contributed by atoms with Crippen molar-refractivity contribution >= 4 is 0 Å². The molecule has 2 nitrogen and oxygen atoms in total. The zero-order chi connectivity index (χ0) is 15.2. The molecular formula is C18H22FNO. The number of hydrogen-bond donors (Lipinski definition) is 1. The average molecular weight is 287 g/mol. The molecule has 0 aliphatic heterocycles. The lowest BCUT2D eigenvalue weighted by Crippen LogP contribution is -2.18. The summed E-state index contributed by atoms with van der Waals surface area (Å²) in [6, 6.07) is 14.9. The first-order valence-electron chi connectivity index (χ1n) is 7.29. The van der Waals surface area contributed by atoms with E-state index in [-0.39, 0.29) is 18.0 Å². The number of hydrogen-bond acceptors (Lipinski definition) is 2. The Hall–Kier alpha value is -1.87. The van der Waals surface area contributed by atoms with Gasteiger partial charge in [0, 0.05) is 12.6 Å². The fourth-order valence-electron chi connectivity index (χ4n) is 2.10.